The lowest BCUT2D eigenvalue weighted by Crippen LogP contribution is -2.48. The largest absolute Gasteiger partial charge is 0.355 e. The normalized spacial score (nSPS) is 11.8. The fourth-order valence-electron chi connectivity index (χ4n) is 2.30. The second-order valence-corrected chi connectivity index (χ2v) is 5.18. The van der Waals surface area contributed by atoms with Gasteiger partial charge in [-0.2, -0.15) is 0 Å². The van der Waals surface area contributed by atoms with E-state index >= 15 is 0 Å². The van der Waals surface area contributed by atoms with Gasteiger partial charge in [-0.3, -0.25) is 9.59 Å². The van der Waals surface area contributed by atoms with E-state index in [0.29, 0.717) is 25.9 Å². The van der Waals surface area contributed by atoms with Gasteiger partial charge in [0.25, 0.3) is 0 Å². The van der Waals surface area contributed by atoms with Crippen LogP contribution in [0.25, 0.3) is 0 Å². The van der Waals surface area contributed by atoms with E-state index in [0.717, 1.165) is 5.56 Å². The number of hydrogen-bond acceptors (Lipinski definition) is 2. The van der Waals surface area contributed by atoms with Crippen molar-refractivity contribution >= 4 is 11.8 Å². The molecule has 1 rings (SSSR count). The summed E-state index contributed by atoms with van der Waals surface area (Å²) in [6, 6.07) is 7.66. The van der Waals surface area contributed by atoms with Gasteiger partial charge in [-0.05, 0) is 25.8 Å². The predicted octanol–water partition coefficient (Wildman–Crippen LogP) is 2.65. The summed E-state index contributed by atoms with van der Waals surface area (Å²) < 4.78 is 0. The van der Waals surface area contributed by atoms with Crippen molar-refractivity contribution in [1.82, 2.24) is 10.2 Å². The average Bonchev–Trinajstić information content (AvgIpc) is 2.48. The molecule has 1 aromatic rings. The first kappa shape index (κ1) is 17.2. The van der Waals surface area contributed by atoms with Crippen LogP contribution >= 0.6 is 0 Å². The molecule has 0 heterocycles. The molecule has 2 amide bonds. The Balaban J connectivity index is 2.95. The second kappa shape index (κ2) is 8.45. The van der Waals surface area contributed by atoms with Crippen LogP contribution in [0.4, 0.5) is 0 Å². The lowest BCUT2D eigenvalue weighted by Gasteiger charge is -2.30. The molecule has 0 unspecified atom stereocenters. The summed E-state index contributed by atoms with van der Waals surface area (Å²) in [4.78, 5) is 26.1. The minimum atomic E-state index is -0.404. The SMILES string of the molecule is CCNC(=O)[C@@H](CC)N(Cc1ccc(C)cc1)C(=O)CC. The molecule has 0 spiro atoms. The van der Waals surface area contributed by atoms with Crippen molar-refractivity contribution in [3.63, 3.8) is 0 Å². The maximum absolute atomic E-state index is 12.2. The van der Waals surface area contributed by atoms with Gasteiger partial charge in [0.15, 0.2) is 0 Å². The molecule has 0 aromatic heterocycles. The smallest absolute Gasteiger partial charge is 0.242 e. The van der Waals surface area contributed by atoms with Crippen LogP contribution in [0.3, 0.4) is 0 Å². The molecular weight excluding hydrogens is 264 g/mol. The summed E-state index contributed by atoms with van der Waals surface area (Å²) in [6.07, 6.45) is 1.02. The van der Waals surface area contributed by atoms with E-state index < -0.39 is 6.04 Å². The highest BCUT2D eigenvalue weighted by Gasteiger charge is 2.27. The van der Waals surface area contributed by atoms with Gasteiger partial charge < -0.3 is 10.2 Å². The zero-order chi connectivity index (χ0) is 15.8. The summed E-state index contributed by atoms with van der Waals surface area (Å²) in [5.41, 5.74) is 2.23. The average molecular weight is 290 g/mol. The number of rotatable bonds is 7. The van der Waals surface area contributed by atoms with Crippen LogP contribution < -0.4 is 5.32 Å². The first-order valence-corrected chi connectivity index (χ1v) is 7.66. The van der Waals surface area contributed by atoms with Gasteiger partial charge in [-0.1, -0.05) is 43.7 Å². The van der Waals surface area contributed by atoms with Crippen LogP contribution in [0, 0.1) is 6.92 Å². The van der Waals surface area contributed by atoms with E-state index in [2.05, 4.69) is 5.32 Å². The van der Waals surface area contributed by atoms with Crippen LogP contribution in [-0.4, -0.2) is 29.3 Å². The number of carbonyl (C=O) groups excluding carboxylic acids is 2. The molecule has 21 heavy (non-hydrogen) atoms. The lowest BCUT2D eigenvalue weighted by molar-refractivity contribution is -0.141. The van der Waals surface area contributed by atoms with Crippen molar-refractivity contribution in [2.45, 2.75) is 53.1 Å². The zero-order valence-corrected chi connectivity index (χ0v) is 13.5. The number of nitrogens with zero attached hydrogens (tertiary/aromatic N) is 1. The van der Waals surface area contributed by atoms with Gasteiger partial charge in [0, 0.05) is 19.5 Å². The first-order chi connectivity index (χ1) is 10.0. The Morgan fingerprint density at radius 1 is 1.14 bits per heavy atom. The van der Waals surface area contributed by atoms with Gasteiger partial charge in [0.05, 0.1) is 0 Å². The van der Waals surface area contributed by atoms with Crippen LogP contribution in [0.15, 0.2) is 24.3 Å². The van der Waals surface area contributed by atoms with E-state index in [1.165, 1.54) is 5.56 Å². The highest BCUT2D eigenvalue weighted by Crippen LogP contribution is 2.14. The Morgan fingerprint density at radius 2 is 1.76 bits per heavy atom. The Bertz CT molecular complexity index is 468. The van der Waals surface area contributed by atoms with Crippen molar-refractivity contribution < 1.29 is 9.59 Å². The van der Waals surface area contributed by atoms with Gasteiger partial charge in [0.2, 0.25) is 11.8 Å². The quantitative estimate of drug-likeness (QED) is 0.839. The molecule has 0 aliphatic rings. The molecule has 0 fully saturated rings. The monoisotopic (exact) mass is 290 g/mol. The standard InChI is InChI=1S/C17H26N2O2/c1-5-15(17(21)18-7-3)19(16(20)6-2)12-14-10-8-13(4)9-11-14/h8-11,15H,5-7,12H2,1-4H3,(H,18,21)/t15-/m1/s1. The number of aryl methyl sites for hydroxylation is 1. The molecule has 0 bridgehead atoms. The van der Waals surface area contributed by atoms with E-state index in [1.54, 1.807) is 4.90 Å². The first-order valence-electron chi connectivity index (χ1n) is 7.66. The fraction of sp³-hybridized carbons (Fsp3) is 0.529. The van der Waals surface area contributed by atoms with E-state index in [9.17, 15) is 9.59 Å². The molecule has 1 N–H and O–H groups in total. The topological polar surface area (TPSA) is 49.4 Å². The van der Waals surface area contributed by atoms with Crippen LogP contribution in [0.1, 0.15) is 44.7 Å². The summed E-state index contributed by atoms with van der Waals surface area (Å²) in [5.74, 6) is -0.0670. The number of likely N-dealkylation sites (N-methyl/N-ethyl adjacent to an activating group) is 1. The number of nitrogens with one attached hydrogen (secondary N) is 1. The fourth-order valence-corrected chi connectivity index (χ4v) is 2.30. The van der Waals surface area contributed by atoms with Crippen LogP contribution in [-0.2, 0) is 16.1 Å². The van der Waals surface area contributed by atoms with Crippen molar-refractivity contribution in [3.8, 4) is 0 Å². The number of hydrogen-bond donors (Lipinski definition) is 1. The van der Waals surface area contributed by atoms with Crippen LogP contribution in [0.2, 0.25) is 0 Å². The van der Waals surface area contributed by atoms with Crippen molar-refractivity contribution in [1.29, 1.82) is 0 Å². The molecule has 0 saturated heterocycles. The third kappa shape index (κ3) is 4.88. The third-order valence-electron chi connectivity index (χ3n) is 3.51. The molecular formula is C17H26N2O2. The van der Waals surface area contributed by atoms with Gasteiger partial charge in [-0.25, -0.2) is 0 Å². The molecule has 1 atom stereocenters. The summed E-state index contributed by atoms with van der Waals surface area (Å²) in [5, 5.41) is 2.82. The van der Waals surface area contributed by atoms with Gasteiger partial charge >= 0.3 is 0 Å². The van der Waals surface area contributed by atoms with Gasteiger partial charge in [-0.15, -0.1) is 0 Å². The summed E-state index contributed by atoms with van der Waals surface area (Å²) in [6.45, 7) is 8.73. The highest BCUT2D eigenvalue weighted by molar-refractivity contribution is 5.87. The molecule has 0 saturated carbocycles. The predicted molar refractivity (Wildman–Crippen MR) is 84.8 cm³/mol. The Labute approximate surface area is 127 Å². The number of amides is 2. The van der Waals surface area contributed by atoms with E-state index in [4.69, 9.17) is 0 Å². The molecule has 4 nitrogen and oxygen atoms in total. The maximum atomic E-state index is 12.2. The lowest BCUT2D eigenvalue weighted by atomic mass is 10.1. The Hall–Kier alpha value is -1.84. The molecule has 0 aliphatic heterocycles. The van der Waals surface area contributed by atoms with Crippen molar-refractivity contribution in [3.05, 3.63) is 35.4 Å². The Kier molecular flexibility index (Phi) is 6.92. The summed E-state index contributed by atoms with van der Waals surface area (Å²) >= 11 is 0. The minimum Gasteiger partial charge on any atom is -0.355 e. The maximum Gasteiger partial charge on any atom is 0.242 e. The van der Waals surface area contributed by atoms with E-state index in [-0.39, 0.29) is 11.8 Å². The second-order valence-electron chi connectivity index (χ2n) is 5.18. The number of carbonyl (C=O) groups is 2. The summed E-state index contributed by atoms with van der Waals surface area (Å²) in [7, 11) is 0. The van der Waals surface area contributed by atoms with Crippen LogP contribution in [0.5, 0.6) is 0 Å². The highest BCUT2D eigenvalue weighted by atomic mass is 16.2. The van der Waals surface area contributed by atoms with Crippen molar-refractivity contribution in [2.24, 2.45) is 0 Å². The molecule has 0 aliphatic carbocycles. The molecule has 4 heteroatoms. The third-order valence-corrected chi connectivity index (χ3v) is 3.51. The number of benzene rings is 1. The Morgan fingerprint density at radius 3 is 2.24 bits per heavy atom. The van der Waals surface area contributed by atoms with E-state index in [1.807, 2.05) is 52.0 Å². The van der Waals surface area contributed by atoms with Gasteiger partial charge in [0.1, 0.15) is 6.04 Å². The molecule has 0 radical (unpaired) electrons. The van der Waals surface area contributed by atoms with Crippen molar-refractivity contribution in [2.75, 3.05) is 6.54 Å². The molecule has 1 aromatic carbocycles. The minimum absolute atomic E-state index is 0.00804. The zero-order valence-electron chi connectivity index (χ0n) is 13.5. The molecule has 116 valence electrons.